The molecule has 1 rings (SSSR count). The van der Waals surface area contributed by atoms with Gasteiger partial charge in [0, 0.05) is 0 Å². The van der Waals surface area contributed by atoms with Gasteiger partial charge in [-0.3, -0.25) is 0 Å². The summed E-state index contributed by atoms with van der Waals surface area (Å²) in [7, 11) is 0. The molecule has 0 atom stereocenters. The van der Waals surface area contributed by atoms with Crippen LogP contribution >= 0.6 is 0 Å². The summed E-state index contributed by atoms with van der Waals surface area (Å²) < 4.78 is 5.46. The third-order valence-corrected chi connectivity index (χ3v) is 2.07. The van der Waals surface area contributed by atoms with Crippen LogP contribution < -0.4 is 0 Å². The van der Waals surface area contributed by atoms with Crippen molar-refractivity contribution in [3.8, 4) is 6.07 Å². The van der Waals surface area contributed by atoms with Gasteiger partial charge in [0.25, 0.3) is 0 Å². The van der Waals surface area contributed by atoms with Crippen molar-refractivity contribution in [1.82, 2.24) is 0 Å². The Balaban J connectivity index is 2.44. The van der Waals surface area contributed by atoms with Crippen LogP contribution in [-0.4, -0.2) is 6.61 Å². The first kappa shape index (κ1) is 11.5. The molecule has 0 spiro atoms. The van der Waals surface area contributed by atoms with Crippen molar-refractivity contribution >= 4 is 0 Å². The number of rotatable bonds is 5. The molecule has 0 bridgehead atoms. The van der Waals surface area contributed by atoms with E-state index in [1.54, 1.807) is 6.07 Å². The highest BCUT2D eigenvalue weighted by atomic mass is 16.5. The SMILES string of the molecule is C=C(C)CCOCc1ccccc1C#N. The summed E-state index contributed by atoms with van der Waals surface area (Å²) in [6, 6.07) is 9.64. The van der Waals surface area contributed by atoms with Gasteiger partial charge in [-0.05, 0) is 25.0 Å². The fraction of sp³-hybridized carbons (Fsp3) is 0.308. The molecule has 15 heavy (non-hydrogen) atoms. The Morgan fingerprint density at radius 2 is 2.20 bits per heavy atom. The summed E-state index contributed by atoms with van der Waals surface area (Å²) in [5.74, 6) is 0. The molecule has 2 nitrogen and oxygen atoms in total. The lowest BCUT2D eigenvalue weighted by Gasteiger charge is -2.05. The highest BCUT2D eigenvalue weighted by molar-refractivity contribution is 5.36. The van der Waals surface area contributed by atoms with E-state index in [2.05, 4.69) is 12.6 Å². The van der Waals surface area contributed by atoms with Crippen LogP contribution in [0.3, 0.4) is 0 Å². The van der Waals surface area contributed by atoms with Crippen LogP contribution in [0.15, 0.2) is 36.4 Å². The molecule has 0 aromatic heterocycles. The largest absolute Gasteiger partial charge is 0.376 e. The van der Waals surface area contributed by atoms with Crippen molar-refractivity contribution in [2.75, 3.05) is 6.61 Å². The Morgan fingerprint density at radius 3 is 2.87 bits per heavy atom. The maximum atomic E-state index is 8.84. The Hall–Kier alpha value is -1.59. The molecule has 78 valence electrons. The van der Waals surface area contributed by atoms with E-state index < -0.39 is 0 Å². The molecule has 0 saturated carbocycles. The van der Waals surface area contributed by atoms with Crippen LogP contribution in [0.2, 0.25) is 0 Å². The minimum Gasteiger partial charge on any atom is -0.376 e. The molecule has 0 radical (unpaired) electrons. The van der Waals surface area contributed by atoms with E-state index in [1.807, 2.05) is 25.1 Å². The first-order valence-corrected chi connectivity index (χ1v) is 4.94. The zero-order chi connectivity index (χ0) is 11.1. The lowest BCUT2D eigenvalue weighted by Crippen LogP contribution is -1.97. The minimum absolute atomic E-state index is 0.497. The van der Waals surface area contributed by atoms with Gasteiger partial charge < -0.3 is 4.74 Å². The third kappa shape index (κ3) is 3.97. The van der Waals surface area contributed by atoms with Crippen LogP contribution in [0.1, 0.15) is 24.5 Å². The molecule has 0 fully saturated rings. The van der Waals surface area contributed by atoms with Gasteiger partial charge in [0.2, 0.25) is 0 Å². The molecule has 0 aliphatic carbocycles. The van der Waals surface area contributed by atoms with Crippen LogP contribution in [0.25, 0.3) is 0 Å². The number of benzene rings is 1. The molecule has 1 aromatic rings. The van der Waals surface area contributed by atoms with E-state index >= 15 is 0 Å². The molecular formula is C13H15NO. The second-order valence-electron chi connectivity index (χ2n) is 3.53. The summed E-state index contributed by atoms with van der Waals surface area (Å²) >= 11 is 0. The smallest absolute Gasteiger partial charge is 0.0995 e. The van der Waals surface area contributed by atoms with Crippen molar-refractivity contribution in [2.24, 2.45) is 0 Å². The van der Waals surface area contributed by atoms with Gasteiger partial charge in [0.05, 0.1) is 24.8 Å². The van der Waals surface area contributed by atoms with E-state index in [0.29, 0.717) is 18.8 Å². The Labute approximate surface area is 90.8 Å². The molecule has 0 heterocycles. The van der Waals surface area contributed by atoms with Gasteiger partial charge >= 0.3 is 0 Å². The first-order chi connectivity index (χ1) is 7.24. The van der Waals surface area contributed by atoms with E-state index in [-0.39, 0.29) is 0 Å². The highest BCUT2D eigenvalue weighted by Gasteiger charge is 1.99. The molecule has 0 unspecified atom stereocenters. The zero-order valence-corrected chi connectivity index (χ0v) is 8.99. The van der Waals surface area contributed by atoms with E-state index in [1.165, 1.54) is 0 Å². The highest BCUT2D eigenvalue weighted by Crippen LogP contribution is 2.09. The molecule has 1 aromatic carbocycles. The quantitative estimate of drug-likeness (QED) is 0.542. The summed E-state index contributed by atoms with van der Waals surface area (Å²) in [6.07, 6.45) is 0.870. The van der Waals surface area contributed by atoms with Gasteiger partial charge in [-0.1, -0.05) is 23.8 Å². The van der Waals surface area contributed by atoms with Crippen molar-refractivity contribution in [3.63, 3.8) is 0 Å². The number of ether oxygens (including phenoxy) is 1. The predicted octanol–water partition coefficient (Wildman–Crippen LogP) is 3.04. The average molecular weight is 201 g/mol. The second-order valence-corrected chi connectivity index (χ2v) is 3.53. The molecule has 2 heteroatoms. The van der Waals surface area contributed by atoms with Crippen LogP contribution in [-0.2, 0) is 11.3 Å². The van der Waals surface area contributed by atoms with E-state index in [9.17, 15) is 0 Å². The summed E-state index contributed by atoms with van der Waals surface area (Å²) in [6.45, 7) is 6.94. The summed E-state index contributed by atoms with van der Waals surface area (Å²) in [4.78, 5) is 0. The normalized spacial score (nSPS) is 9.60. The Kier molecular flexibility index (Phi) is 4.59. The van der Waals surface area contributed by atoms with Gasteiger partial charge in [-0.2, -0.15) is 5.26 Å². The van der Waals surface area contributed by atoms with Crippen LogP contribution in [0.4, 0.5) is 0 Å². The summed E-state index contributed by atoms with van der Waals surface area (Å²) in [5.41, 5.74) is 2.75. The van der Waals surface area contributed by atoms with Gasteiger partial charge in [-0.15, -0.1) is 6.58 Å². The summed E-state index contributed by atoms with van der Waals surface area (Å²) in [5, 5.41) is 8.84. The molecular weight excluding hydrogens is 186 g/mol. The van der Waals surface area contributed by atoms with Gasteiger partial charge in [-0.25, -0.2) is 0 Å². The fourth-order valence-electron chi connectivity index (χ4n) is 1.18. The molecule has 0 aliphatic rings. The number of hydrogen-bond acceptors (Lipinski definition) is 2. The fourth-order valence-corrected chi connectivity index (χ4v) is 1.18. The maximum absolute atomic E-state index is 8.84. The number of nitriles is 1. The molecule has 0 N–H and O–H groups in total. The lowest BCUT2D eigenvalue weighted by molar-refractivity contribution is 0.123. The minimum atomic E-state index is 0.497. The second kappa shape index (κ2) is 6.00. The maximum Gasteiger partial charge on any atom is 0.0995 e. The first-order valence-electron chi connectivity index (χ1n) is 4.94. The molecule has 0 amide bonds. The number of hydrogen-bond donors (Lipinski definition) is 0. The molecule has 0 saturated heterocycles. The number of nitrogens with zero attached hydrogens (tertiary/aromatic N) is 1. The van der Waals surface area contributed by atoms with E-state index in [4.69, 9.17) is 10.00 Å². The van der Waals surface area contributed by atoms with E-state index in [0.717, 1.165) is 17.6 Å². The molecule has 0 aliphatic heterocycles. The zero-order valence-electron chi connectivity index (χ0n) is 8.99. The third-order valence-electron chi connectivity index (χ3n) is 2.07. The Morgan fingerprint density at radius 1 is 1.47 bits per heavy atom. The Bertz CT molecular complexity index is 376. The average Bonchev–Trinajstić information content (AvgIpc) is 2.24. The van der Waals surface area contributed by atoms with Crippen molar-refractivity contribution in [1.29, 1.82) is 5.26 Å². The van der Waals surface area contributed by atoms with Gasteiger partial charge in [0.1, 0.15) is 0 Å². The topological polar surface area (TPSA) is 33.0 Å². The predicted molar refractivity (Wildman–Crippen MR) is 60.2 cm³/mol. The van der Waals surface area contributed by atoms with Crippen LogP contribution in [0.5, 0.6) is 0 Å². The van der Waals surface area contributed by atoms with Crippen molar-refractivity contribution in [2.45, 2.75) is 20.0 Å². The van der Waals surface area contributed by atoms with Crippen LogP contribution in [0, 0.1) is 11.3 Å². The lowest BCUT2D eigenvalue weighted by atomic mass is 10.1. The monoisotopic (exact) mass is 201 g/mol. The van der Waals surface area contributed by atoms with Crippen molar-refractivity contribution < 1.29 is 4.74 Å². The standard InChI is InChI=1S/C13H15NO/c1-11(2)7-8-15-10-13-6-4-3-5-12(13)9-14/h3-6H,1,7-8,10H2,2H3. The van der Waals surface area contributed by atoms with Gasteiger partial charge in [0.15, 0.2) is 0 Å². The van der Waals surface area contributed by atoms with Crippen molar-refractivity contribution in [3.05, 3.63) is 47.5 Å².